The molecule has 0 heterocycles. The predicted octanol–water partition coefficient (Wildman–Crippen LogP) is 19.3. The first-order valence-corrected chi connectivity index (χ1v) is 36.3. The molecule has 0 saturated carbocycles. The molecule has 506 valence electrons. The standard InChI is InChI=1S/C64H78F8O14S4.CH4/c1-5-9-13-17-21-25-33-81-87(73,74)45-29-31-49-43(37-45)39-47(89(77,78)83-35-27-23-19-15-11-7-3)41-51(49)85-63-59(69)55(65)53(56(66)60(63)70)54-57(67)61(71)64(62(72)58(54)68)86-52-42-48(90(79,80)84-36-28-24-20-16-12-8-4)40-44-38-46(30-32-50(44)52)88(75,76)82-34-26-22-18-14-10-6-2;/h29-32,37-42H,5-28,33-36H2,1-4H3;1H4. The molecule has 6 aromatic carbocycles. The zero-order chi connectivity index (χ0) is 65.8. The fourth-order valence-corrected chi connectivity index (χ4v) is 13.8. The molecule has 0 aliphatic heterocycles. The second kappa shape index (κ2) is 35.7. The minimum Gasteiger partial charge on any atom is -0.450 e. The Balaban J connectivity index is 0.0000150. The Morgan fingerprint density at radius 2 is 0.527 bits per heavy atom. The SMILES string of the molecule is C.CCCCCCCCOS(=O)(=O)c1ccc2c(Oc3c(F)c(F)c(-c4c(F)c(F)c(Oc5cc(S(=O)(=O)OCCCCCCCC)cc6cc(S(=O)(=O)OCCCCCCCC)ccc56)c(F)c4F)c(F)c3F)cc(S(=O)(=O)OCCCCCCCC)cc2c1. The van der Waals surface area contributed by atoms with E-state index in [1.165, 1.54) is 0 Å². The van der Waals surface area contributed by atoms with Crippen LogP contribution in [0.5, 0.6) is 23.0 Å². The molecule has 0 aliphatic carbocycles. The van der Waals surface area contributed by atoms with Gasteiger partial charge in [0.15, 0.2) is 23.3 Å². The third-order valence-electron chi connectivity index (χ3n) is 14.9. The Morgan fingerprint density at radius 3 is 0.791 bits per heavy atom. The van der Waals surface area contributed by atoms with Crippen molar-refractivity contribution in [2.24, 2.45) is 0 Å². The molecule has 26 heteroatoms. The van der Waals surface area contributed by atoms with Gasteiger partial charge in [-0.3, -0.25) is 16.7 Å². The van der Waals surface area contributed by atoms with Gasteiger partial charge in [0.1, 0.15) is 11.5 Å². The van der Waals surface area contributed by atoms with Gasteiger partial charge in [-0.2, -0.15) is 51.2 Å². The van der Waals surface area contributed by atoms with Gasteiger partial charge in [0, 0.05) is 22.9 Å². The molecule has 6 aromatic rings. The van der Waals surface area contributed by atoms with E-state index in [4.69, 9.17) is 26.2 Å². The lowest BCUT2D eigenvalue weighted by molar-refractivity contribution is 0.305. The third kappa shape index (κ3) is 20.3. The van der Waals surface area contributed by atoms with Gasteiger partial charge in [-0.1, -0.05) is 164 Å². The van der Waals surface area contributed by atoms with Gasteiger partial charge < -0.3 is 9.47 Å². The van der Waals surface area contributed by atoms with E-state index in [0.717, 1.165) is 151 Å². The molecule has 0 aliphatic rings. The molecule has 0 aromatic heterocycles. The summed E-state index contributed by atoms with van der Waals surface area (Å²) in [5.41, 5.74) is -4.68. The van der Waals surface area contributed by atoms with Crippen LogP contribution in [0.15, 0.2) is 80.2 Å². The van der Waals surface area contributed by atoms with E-state index in [1.807, 2.05) is 27.7 Å². The van der Waals surface area contributed by atoms with E-state index in [0.29, 0.717) is 50.7 Å². The average molecular weight is 1370 g/mol. The van der Waals surface area contributed by atoms with Crippen molar-refractivity contribution in [1.82, 2.24) is 0 Å². The maximum Gasteiger partial charge on any atom is 0.297 e. The summed E-state index contributed by atoms with van der Waals surface area (Å²) >= 11 is 0. The highest BCUT2D eigenvalue weighted by Gasteiger charge is 2.37. The van der Waals surface area contributed by atoms with Crippen molar-refractivity contribution in [3.8, 4) is 34.1 Å². The van der Waals surface area contributed by atoms with Crippen molar-refractivity contribution < 1.29 is 95.0 Å². The number of benzene rings is 6. The summed E-state index contributed by atoms with van der Waals surface area (Å²) in [6, 6.07) is 9.02. The Labute approximate surface area is 530 Å². The lowest BCUT2D eigenvalue weighted by Crippen LogP contribution is -2.11. The lowest BCUT2D eigenvalue weighted by Gasteiger charge is -2.18. The highest BCUT2D eigenvalue weighted by atomic mass is 32.2. The first-order chi connectivity index (χ1) is 42.8. The summed E-state index contributed by atoms with van der Waals surface area (Å²) < 4.78 is 271. The number of rotatable bonds is 41. The number of hydrogen-bond acceptors (Lipinski definition) is 14. The first-order valence-electron chi connectivity index (χ1n) is 30.7. The largest absolute Gasteiger partial charge is 0.450 e. The Morgan fingerprint density at radius 1 is 0.297 bits per heavy atom. The van der Waals surface area contributed by atoms with Gasteiger partial charge >= 0.3 is 0 Å². The van der Waals surface area contributed by atoms with Crippen molar-refractivity contribution in [2.75, 3.05) is 26.4 Å². The number of ether oxygens (including phenoxy) is 2. The molecule has 0 N–H and O–H groups in total. The van der Waals surface area contributed by atoms with Crippen LogP contribution in [0.2, 0.25) is 0 Å². The maximum absolute atomic E-state index is 16.4. The van der Waals surface area contributed by atoms with E-state index in [2.05, 4.69) is 0 Å². The first kappa shape index (κ1) is 76.2. The molecular weight excluding hydrogens is 1280 g/mol. The second-order valence-corrected chi connectivity index (χ2v) is 28.4. The van der Waals surface area contributed by atoms with Crippen LogP contribution in [-0.4, -0.2) is 60.1 Å². The lowest BCUT2D eigenvalue weighted by atomic mass is 10.0. The van der Waals surface area contributed by atoms with Crippen LogP contribution in [0, 0.1) is 46.5 Å². The van der Waals surface area contributed by atoms with Crippen molar-refractivity contribution >= 4 is 62.0 Å². The molecular formula is C65H82F8O14S4. The van der Waals surface area contributed by atoms with Crippen LogP contribution in [0.3, 0.4) is 0 Å². The Kier molecular flexibility index (Phi) is 29.9. The highest BCUT2D eigenvalue weighted by Crippen LogP contribution is 2.46. The molecule has 0 amide bonds. The number of hydrogen-bond donors (Lipinski definition) is 0. The molecule has 6 rings (SSSR count). The molecule has 91 heavy (non-hydrogen) atoms. The van der Waals surface area contributed by atoms with Crippen LogP contribution in [0.4, 0.5) is 35.1 Å². The normalized spacial score (nSPS) is 12.3. The van der Waals surface area contributed by atoms with E-state index in [1.54, 1.807) is 0 Å². The zero-order valence-corrected chi connectivity index (χ0v) is 54.2. The van der Waals surface area contributed by atoms with Gasteiger partial charge in [-0.05, 0) is 85.0 Å². The van der Waals surface area contributed by atoms with Crippen LogP contribution in [-0.2, 0) is 57.2 Å². The Bertz CT molecular complexity index is 3570. The summed E-state index contributed by atoms with van der Waals surface area (Å²) in [5.74, 6) is -26.8. The van der Waals surface area contributed by atoms with Crippen molar-refractivity contribution in [1.29, 1.82) is 0 Å². The fourth-order valence-electron chi connectivity index (χ4n) is 9.88. The smallest absolute Gasteiger partial charge is 0.297 e. The van der Waals surface area contributed by atoms with Crippen LogP contribution >= 0.6 is 0 Å². The van der Waals surface area contributed by atoms with E-state index in [-0.39, 0.29) is 68.2 Å². The number of halogens is 8. The quantitative estimate of drug-likeness (QED) is 0.0152. The average Bonchev–Trinajstić information content (AvgIpc) is 1.74. The Hall–Kier alpha value is -5.48. The summed E-state index contributed by atoms with van der Waals surface area (Å²) in [6.45, 7) is 7.02. The third-order valence-corrected chi connectivity index (χ3v) is 20.1. The number of unbranched alkanes of at least 4 members (excludes halogenated alkanes) is 20. The summed E-state index contributed by atoms with van der Waals surface area (Å²) in [5, 5.41) is -1.21. The van der Waals surface area contributed by atoms with Gasteiger partial charge in [0.2, 0.25) is 34.8 Å². The molecule has 0 atom stereocenters. The second-order valence-electron chi connectivity index (χ2n) is 21.9. The van der Waals surface area contributed by atoms with Crippen molar-refractivity contribution in [3.05, 3.63) is 107 Å². The zero-order valence-electron chi connectivity index (χ0n) is 50.9. The van der Waals surface area contributed by atoms with Crippen molar-refractivity contribution in [2.45, 2.75) is 209 Å². The molecule has 0 saturated heterocycles. The summed E-state index contributed by atoms with van der Waals surface area (Å²) in [7, 11) is -18.7. The predicted molar refractivity (Wildman–Crippen MR) is 332 cm³/mol. The van der Waals surface area contributed by atoms with E-state index >= 15 is 35.1 Å². The highest BCUT2D eigenvalue weighted by molar-refractivity contribution is 7.87. The van der Waals surface area contributed by atoms with Gasteiger partial charge in [0.05, 0.1) is 57.1 Å². The fraction of sp³-hybridized carbons (Fsp3) is 0.508. The molecule has 14 nitrogen and oxygen atoms in total. The maximum atomic E-state index is 16.4. The number of fused-ring (bicyclic) bond motifs is 2. The van der Waals surface area contributed by atoms with Crippen LogP contribution < -0.4 is 9.47 Å². The monoisotopic (exact) mass is 1370 g/mol. The van der Waals surface area contributed by atoms with Crippen LogP contribution in [0.1, 0.15) is 189 Å². The molecule has 0 radical (unpaired) electrons. The van der Waals surface area contributed by atoms with E-state index in [9.17, 15) is 33.7 Å². The topological polar surface area (TPSA) is 192 Å². The minimum absolute atomic E-state index is 0. The van der Waals surface area contributed by atoms with E-state index < -0.39 is 141 Å². The molecule has 0 fully saturated rings. The molecule has 0 bridgehead atoms. The van der Waals surface area contributed by atoms with Gasteiger partial charge in [-0.25, -0.2) is 17.6 Å². The summed E-state index contributed by atoms with van der Waals surface area (Å²) in [6.07, 6.45) is 18.5. The summed E-state index contributed by atoms with van der Waals surface area (Å²) in [4.78, 5) is -2.57. The van der Waals surface area contributed by atoms with Gasteiger partial charge in [0.25, 0.3) is 40.5 Å². The van der Waals surface area contributed by atoms with Crippen LogP contribution in [0.25, 0.3) is 32.7 Å². The van der Waals surface area contributed by atoms with Gasteiger partial charge in [-0.15, -0.1) is 0 Å². The molecule has 0 unspecified atom stereocenters. The minimum atomic E-state index is -4.82. The van der Waals surface area contributed by atoms with Crippen molar-refractivity contribution in [3.63, 3.8) is 0 Å². The molecule has 0 spiro atoms.